The van der Waals surface area contributed by atoms with Gasteiger partial charge in [-0.1, -0.05) is 26.8 Å². The first-order chi connectivity index (χ1) is 10.9. The molecular weight excluding hydrogens is 292 g/mol. The van der Waals surface area contributed by atoms with Crippen molar-refractivity contribution < 1.29 is 14.3 Å². The molecule has 5 heteroatoms. The average Bonchev–Trinajstić information content (AvgIpc) is 3.17. The molecule has 1 atom stereocenters. The summed E-state index contributed by atoms with van der Waals surface area (Å²) in [6.45, 7) is 8.87. The fourth-order valence-corrected chi connectivity index (χ4v) is 3.09. The van der Waals surface area contributed by atoms with Crippen molar-refractivity contribution in [2.45, 2.75) is 39.7 Å². The smallest absolute Gasteiger partial charge is 0.231 e. The number of benzene rings is 1. The van der Waals surface area contributed by atoms with E-state index in [1.807, 2.05) is 26.8 Å². The van der Waals surface area contributed by atoms with E-state index in [2.05, 4.69) is 22.3 Å². The standard InChI is InChI=1S/C18H26N2O3/c1-18(2,3)17(21)19-11-14(20-8-4-5-9-20)13-6-7-15-16(10-13)23-12-22-15/h6-7,10,14H,4-5,8-9,11-12H2,1-3H3,(H,19,21)/t14-/m0/s1. The normalized spacial score (nSPS) is 18.9. The van der Waals surface area contributed by atoms with Crippen LogP contribution in [0.1, 0.15) is 45.2 Å². The summed E-state index contributed by atoms with van der Waals surface area (Å²) in [5.74, 6) is 1.68. The fraction of sp³-hybridized carbons (Fsp3) is 0.611. The number of fused-ring (bicyclic) bond motifs is 1. The molecule has 5 nitrogen and oxygen atoms in total. The van der Waals surface area contributed by atoms with Gasteiger partial charge in [0.05, 0.1) is 6.04 Å². The summed E-state index contributed by atoms with van der Waals surface area (Å²) in [6, 6.07) is 6.28. The maximum Gasteiger partial charge on any atom is 0.231 e. The Kier molecular flexibility index (Phi) is 4.48. The molecule has 0 spiro atoms. The molecule has 0 aliphatic carbocycles. The minimum absolute atomic E-state index is 0.0856. The van der Waals surface area contributed by atoms with Crippen LogP contribution in [0.5, 0.6) is 11.5 Å². The second-order valence-corrected chi connectivity index (χ2v) is 7.33. The van der Waals surface area contributed by atoms with E-state index in [-0.39, 0.29) is 24.2 Å². The average molecular weight is 318 g/mol. The van der Waals surface area contributed by atoms with Crippen LogP contribution in [-0.4, -0.2) is 37.2 Å². The van der Waals surface area contributed by atoms with Crippen molar-refractivity contribution in [2.75, 3.05) is 26.4 Å². The third-order valence-corrected chi connectivity index (χ3v) is 4.50. The summed E-state index contributed by atoms with van der Waals surface area (Å²) in [5, 5.41) is 3.11. The molecule has 23 heavy (non-hydrogen) atoms. The minimum atomic E-state index is -0.371. The minimum Gasteiger partial charge on any atom is -0.454 e. The van der Waals surface area contributed by atoms with Crippen molar-refractivity contribution in [1.29, 1.82) is 0 Å². The van der Waals surface area contributed by atoms with Crippen LogP contribution in [0.4, 0.5) is 0 Å². The molecule has 1 saturated heterocycles. The molecule has 0 aromatic heterocycles. The monoisotopic (exact) mass is 318 g/mol. The zero-order chi connectivity index (χ0) is 16.4. The van der Waals surface area contributed by atoms with E-state index in [9.17, 15) is 4.79 Å². The van der Waals surface area contributed by atoms with Crippen LogP contribution in [0.25, 0.3) is 0 Å². The lowest BCUT2D eigenvalue weighted by Gasteiger charge is -2.29. The van der Waals surface area contributed by atoms with Crippen molar-refractivity contribution in [3.05, 3.63) is 23.8 Å². The SMILES string of the molecule is CC(C)(C)C(=O)NC[C@@H](c1ccc2c(c1)OCO2)N1CCCC1. The Bertz CT molecular complexity index is 574. The summed E-state index contributed by atoms with van der Waals surface area (Å²) < 4.78 is 10.9. The Morgan fingerprint density at radius 3 is 2.61 bits per heavy atom. The molecule has 1 fully saturated rings. The maximum absolute atomic E-state index is 12.2. The fourth-order valence-electron chi connectivity index (χ4n) is 3.09. The number of carbonyl (C=O) groups is 1. The number of amides is 1. The van der Waals surface area contributed by atoms with Gasteiger partial charge in [-0.15, -0.1) is 0 Å². The van der Waals surface area contributed by atoms with Crippen LogP contribution in [0.15, 0.2) is 18.2 Å². The van der Waals surface area contributed by atoms with E-state index in [1.165, 1.54) is 18.4 Å². The number of hydrogen-bond acceptors (Lipinski definition) is 4. The predicted molar refractivity (Wildman–Crippen MR) is 88.6 cm³/mol. The lowest BCUT2D eigenvalue weighted by atomic mass is 9.95. The zero-order valence-corrected chi connectivity index (χ0v) is 14.2. The molecule has 0 bridgehead atoms. The summed E-state index contributed by atoms with van der Waals surface area (Å²) in [7, 11) is 0. The highest BCUT2D eigenvalue weighted by molar-refractivity contribution is 5.81. The number of likely N-dealkylation sites (tertiary alicyclic amines) is 1. The van der Waals surface area contributed by atoms with Crippen LogP contribution >= 0.6 is 0 Å². The first-order valence-electron chi connectivity index (χ1n) is 8.37. The van der Waals surface area contributed by atoms with Crippen LogP contribution in [0, 0.1) is 5.41 Å². The van der Waals surface area contributed by atoms with E-state index in [0.29, 0.717) is 6.54 Å². The highest BCUT2D eigenvalue weighted by Gasteiger charge is 2.28. The number of carbonyl (C=O) groups excluding carboxylic acids is 1. The molecule has 0 saturated carbocycles. The summed E-state index contributed by atoms with van der Waals surface area (Å²) >= 11 is 0. The van der Waals surface area contributed by atoms with Crippen LogP contribution in [-0.2, 0) is 4.79 Å². The zero-order valence-electron chi connectivity index (χ0n) is 14.2. The molecule has 2 heterocycles. The van der Waals surface area contributed by atoms with Gasteiger partial charge in [-0.2, -0.15) is 0 Å². The van der Waals surface area contributed by atoms with Crippen LogP contribution < -0.4 is 14.8 Å². The summed E-state index contributed by atoms with van der Waals surface area (Å²) in [4.78, 5) is 14.7. The van der Waals surface area contributed by atoms with Crippen LogP contribution in [0.2, 0.25) is 0 Å². The van der Waals surface area contributed by atoms with Gasteiger partial charge in [-0.05, 0) is 43.6 Å². The van der Waals surface area contributed by atoms with Crippen molar-refractivity contribution >= 4 is 5.91 Å². The molecule has 2 aliphatic heterocycles. The number of nitrogens with zero attached hydrogens (tertiary/aromatic N) is 1. The van der Waals surface area contributed by atoms with E-state index in [4.69, 9.17) is 9.47 Å². The number of nitrogens with one attached hydrogen (secondary N) is 1. The van der Waals surface area contributed by atoms with E-state index in [0.717, 1.165) is 24.6 Å². The van der Waals surface area contributed by atoms with Gasteiger partial charge >= 0.3 is 0 Å². The van der Waals surface area contributed by atoms with Gasteiger partial charge in [-0.3, -0.25) is 9.69 Å². The molecule has 0 unspecified atom stereocenters. The molecule has 126 valence electrons. The number of ether oxygens (including phenoxy) is 2. The van der Waals surface area contributed by atoms with Gasteiger partial charge in [0.15, 0.2) is 11.5 Å². The van der Waals surface area contributed by atoms with E-state index < -0.39 is 0 Å². The van der Waals surface area contributed by atoms with Crippen molar-refractivity contribution in [2.24, 2.45) is 5.41 Å². The summed E-state index contributed by atoms with van der Waals surface area (Å²) in [6.07, 6.45) is 2.43. The molecule has 1 N–H and O–H groups in total. The van der Waals surface area contributed by atoms with E-state index in [1.54, 1.807) is 0 Å². The number of hydrogen-bond donors (Lipinski definition) is 1. The Morgan fingerprint density at radius 1 is 1.22 bits per heavy atom. The lowest BCUT2D eigenvalue weighted by molar-refractivity contribution is -0.128. The topological polar surface area (TPSA) is 50.8 Å². The third-order valence-electron chi connectivity index (χ3n) is 4.50. The molecule has 0 radical (unpaired) electrons. The van der Waals surface area contributed by atoms with Gasteiger partial charge in [-0.25, -0.2) is 0 Å². The van der Waals surface area contributed by atoms with Gasteiger partial charge in [0.1, 0.15) is 0 Å². The largest absolute Gasteiger partial charge is 0.454 e. The maximum atomic E-state index is 12.2. The Hall–Kier alpha value is -1.75. The van der Waals surface area contributed by atoms with Gasteiger partial charge < -0.3 is 14.8 Å². The molecule has 2 aliphatic rings. The molecular formula is C18H26N2O3. The van der Waals surface area contributed by atoms with Gasteiger partial charge in [0, 0.05) is 12.0 Å². The van der Waals surface area contributed by atoms with Gasteiger partial charge in [0.25, 0.3) is 0 Å². The lowest BCUT2D eigenvalue weighted by Crippen LogP contribution is -2.41. The van der Waals surface area contributed by atoms with Crippen molar-refractivity contribution in [1.82, 2.24) is 10.2 Å². The van der Waals surface area contributed by atoms with Gasteiger partial charge in [0.2, 0.25) is 12.7 Å². The predicted octanol–water partition coefficient (Wildman–Crippen LogP) is 2.71. The molecule has 3 rings (SSSR count). The second kappa shape index (κ2) is 6.40. The Morgan fingerprint density at radius 2 is 1.91 bits per heavy atom. The highest BCUT2D eigenvalue weighted by Crippen LogP contribution is 2.36. The Labute approximate surface area is 137 Å². The third kappa shape index (κ3) is 3.61. The second-order valence-electron chi connectivity index (χ2n) is 7.33. The summed E-state index contributed by atoms with van der Waals surface area (Å²) in [5.41, 5.74) is 0.801. The number of rotatable bonds is 4. The Balaban J connectivity index is 1.77. The molecule has 1 aromatic rings. The first kappa shape index (κ1) is 16.1. The van der Waals surface area contributed by atoms with Crippen molar-refractivity contribution in [3.8, 4) is 11.5 Å². The van der Waals surface area contributed by atoms with E-state index >= 15 is 0 Å². The molecule has 1 aromatic carbocycles. The highest BCUT2D eigenvalue weighted by atomic mass is 16.7. The van der Waals surface area contributed by atoms with Crippen molar-refractivity contribution in [3.63, 3.8) is 0 Å². The quantitative estimate of drug-likeness (QED) is 0.927. The van der Waals surface area contributed by atoms with Crippen LogP contribution in [0.3, 0.4) is 0 Å². The molecule has 1 amide bonds. The first-order valence-corrected chi connectivity index (χ1v) is 8.37.